The fourth-order valence-electron chi connectivity index (χ4n) is 3.21. The van der Waals surface area contributed by atoms with Crippen molar-refractivity contribution in [2.24, 2.45) is 10.1 Å². The molecular weight excluding hydrogens is 417 g/mol. The number of benzene rings is 2. The van der Waals surface area contributed by atoms with Gasteiger partial charge in [-0.2, -0.15) is 10.1 Å². The Kier molecular flexibility index (Phi) is 5.38. The van der Waals surface area contributed by atoms with Crippen LogP contribution >= 0.6 is 23.4 Å². The molecule has 9 heteroatoms. The highest BCUT2D eigenvalue weighted by Gasteiger charge is 2.39. The molecule has 2 aromatic carbocycles. The van der Waals surface area contributed by atoms with Crippen molar-refractivity contribution in [3.63, 3.8) is 0 Å². The smallest absolute Gasteiger partial charge is 0.305 e. The fraction of sp³-hybridized carbons (Fsp3) is 0.200. The number of carboxylic acid groups (broad SMARTS) is 1. The van der Waals surface area contributed by atoms with Crippen molar-refractivity contribution < 1.29 is 19.1 Å². The van der Waals surface area contributed by atoms with Gasteiger partial charge in [-0.3, -0.25) is 9.59 Å². The molecule has 2 unspecified atom stereocenters. The maximum Gasteiger partial charge on any atom is 0.305 e. The Balaban J connectivity index is 1.67. The second kappa shape index (κ2) is 7.96. The van der Waals surface area contributed by atoms with Crippen molar-refractivity contribution in [2.45, 2.75) is 24.1 Å². The third-order valence-electron chi connectivity index (χ3n) is 4.63. The van der Waals surface area contributed by atoms with Gasteiger partial charge in [0.05, 0.1) is 18.2 Å². The minimum absolute atomic E-state index is 0.241. The van der Waals surface area contributed by atoms with Crippen molar-refractivity contribution in [3.05, 3.63) is 70.5 Å². The molecule has 0 bridgehead atoms. The van der Waals surface area contributed by atoms with Crippen LogP contribution in [0.25, 0.3) is 0 Å². The van der Waals surface area contributed by atoms with Crippen molar-refractivity contribution >= 4 is 46.1 Å². The van der Waals surface area contributed by atoms with Crippen molar-refractivity contribution in [2.75, 3.05) is 0 Å². The number of rotatable bonds is 4. The zero-order chi connectivity index (χ0) is 20.5. The van der Waals surface area contributed by atoms with E-state index in [1.165, 1.54) is 12.1 Å². The molecule has 148 valence electrons. The number of nitrogens with zero attached hydrogens (tertiary/aromatic N) is 3. The molecule has 0 spiro atoms. The van der Waals surface area contributed by atoms with E-state index in [4.69, 9.17) is 16.7 Å². The van der Waals surface area contributed by atoms with E-state index in [0.29, 0.717) is 16.6 Å². The molecule has 29 heavy (non-hydrogen) atoms. The van der Waals surface area contributed by atoms with Gasteiger partial charge >= 0.3 is 5.97 Å². The van der Waals surface area contributed by atoms with Gasteiger partial charge in [-0.15, -0.1) is 0 Å². The average Bonchev–Trinajstić information content (AvgIpc) is 3.27. The minimum Gasteiger partial charge on any atom is -0.481 e. The number of amidine groups is 1. The van der Waals surface area contributed by atoms with Gasteiger partial charge in [0, 0.05) is 11.4 Å². The summed E-state index contributed by atoms with van der Waals surface area (Å²) in [7, 11) is 0. The number of halogens is 2. The van der Waals surface area contributed by atoms with Gasteiger partial charge in [-0.1, -0.05) is 47.6 Å². The number of thioether (sulfide) groups is 1. The number of aliphatic imine (C=N–C) groups is 1. The molecule has 6 nitrogen and oxygen atoms in total. The predicted molar refractivity (Wildman–Crippen MR) is 110 cm³/mol. The summed E-state index contributed by atoms with van der Waals surface area (Å²) >= 11 is 7.10. The van der Waals surface area contributed by atoms with Crippen LogP contribution in [0, 0.1) is 5.82 Å². The molecule has 4 rings (SSSR count). The second-order valence-electron chi connectivity index (χ2n) is 6.61. The highest BCUT2D eigenvalue weighted by Crippen LogP contribution is 2.38. The van der Waals surface area contributed by atoms with Gasteiger partial charge in [0.2, 0.25) is 0 Å². The number of amides is 1. The van der Waals surface area contributed by atoms with Crippen molar-refractivity contribution in [3.8, 4) is 0 Å². The van der Waals surface area contributed by atoms with Gasteiger partial charge in [-0.25, -0.2) is 9.40 Å². The van der Waals surface area contributed by atoms with Gasteiger partial charge in [0.15, 0.2) is 5.17 Å². The molecular formula is C20H15ClFN3O3S. The van der Waals surface area contributed by atoms with Crippen LogP contribution in [0.5, 0.6) is 0 Å². The first-order chi connectivity index (χ1) is 13.9. The van der Waals surface area contributed by atoms with E-state index in [1.54, 1.807) is 29.3 Å². The Morgan fingerprint density at radius 2 is 1.90 bits per heavy atom. The number of carboxylic acids is 1. The lowest BCUT2D eigenvalue weighted by atomic mass is 9.99. The summed E-state index contributed by atoms with van der Waals surface area (Å²) in [6.07, 6.45) is 0.217. The lowest BCUT2D eigenvalue weighted by molar-refractivity contribution is -0.138. The quantitative estimate of drug-likeness (QED) is 0.788. The number of carbonyl (C=O) groups is 2. The normalized spacial score (nSPS) is 21.3. The second-order valence-corrected chi connectivity index (χ2v) is 8.21. The van der Waals surface area contributed by atoms with Crippen molar-refractivity contribution in [1.29, 1.82) is 0 Å². The number of hydrogen-bond acceptors (Lipinski definition) is 5. The van der Waals surface area contributed by atoms with Crippen LogP contribution in [0.3, 0.4) is 0 Å². The Bertz CT molecular complexity index is 1020. The zero-order valence-electron chi connectivity index (χ0n) is 15.0. The van der Waals surface area contributed by atoms with E-state index < -0.39 is 17.1 Å². The average molecular weight is 432 g/mol. The molecule has 0 saturated heterocycles. The molecule has 0 aliphatic carbocycles. The summed E-state index contributed by atoms with van der Waals surface area (Å²) in [4.78, 5) is 27.2. The molecule has 2 heterocycles. The molecule has 2 atom stereocenters. The van der Waals surface area contributed by atoms with E-state index in [-0.39, 0.29) is 18.3 Å². The molecule has 2 aromatic rings. The Hall–Kier alpha value is -2.71. The number of hydrogen-bond donors (Lipinski definition) is 1. The fourth-order valence-corrected chi connectivity index (χ4v) is 4.39. The standard InChI is InChI=1S/C20H15ClFN3O3S/c21-13-5-1-12(2-6-13)16-9-15(11-3-7-14(22)8-4-11)24-25(16)20-23-19(28)17(29-20)10-18(26)27/h1-8,16-17H,9-10H2,(H,26,27). The highest BCUT2D eigenvalue weighted by atomic mass is 35.5. The SMILES string of the molecule is O=C(O)CC1SC(N2N=C(c3ccc(F)cc3)CC2c2ccc(Cl)cc2)=NC1=O. The van der Waals surface area contributed by atoms with Gasteiger partial charge in [-0.05, 0) is 35.4 Å². The molecule has 0 saturated carbocycles. The van der Waals surface area contributed by atoms with Crippen LogP contribution < -0.4 is 0 Å². The van der Waals surface area contributed by atoms with Gasteiger partial charge in [0.1, 0.15) is 11.1 Å². The van der Waals surface area contributed by atoms with E-state index in [0.717, 1.165) is 28.6 Å². The monoisotopic (exact) mass is 431 g/mol. The molecule has 2 aliphatic heterocycles. The molecule has 0 aromatic heterocycles. The Labute approximate surface area is 175 Å². The third-order valence-corrected chi connectivity index (χ3v) is 6.02. The Morgan fingerprint density at radius 3 is 2.55 bits per heavy atom. The summed E-state index contributed by atoms with van der Waals surface area (Å²) in [5, 5.41) is 15.5. The Morgan fingerprint density at radius 1 is 1.21 bits per heavy atom. The topological polar surface area (TPSA) is 82.3 Å². The summed E-state index contributed by atoms with van der Waals surface area (Å²) in [6, 6.07) is 13.1. The van der Waals surface area contributed by atoms with E-state index in [2.05, 4.69) is 10.1 Å². The number of hydrazone groups is 1. The molecule has 0 fully saturated rings. The lowest BCUT2D eigenvalue weighted by Gasteiger charge is -2.23. The molecule has 0 radical (unpaired) electrons. The summed E-state index contributed by atoms with van der Waals surface area (Å²) < 4.78 is 13.3. The number of carbonyl (C=O) groups excluding carboxylic acids is 1. The highest BCUT2D eigenvalue weighted by molar-refractivity contribution is 8.15. The van der Waals surface area contributed by atoms with Crippen LogP contribution in [-0.4, -0.2) is 38.1 Å². The van der Waals surface area contributed by atoms with Gasteiger partial charge < -0.3 is 5.11 Å². The largest absolute Gasteiger partial charge is 0.481 e. The molecule has 1 N–H and O–H groups in total. The minimum atomic E-state index is -1.06. The predicted octanol–water partition coefficient (Wildman–Crippen LogP) is 4.10. The van der Waals surface area contributed by atoms with Crippen LogP contribution in [-0.2, 0) is 9.59 Å². The lowest BCUT2D eigenvalue weighted by Crippen LogP contribution is -2.24. The molecule has 2 aliphatic rings. The number of aliphatic carboxylic acids is 1. The van der Waals surface area contributed by atoms with Crippen LogP contribution in [0.2, 0.25) is 5.02 Å². The van der Waals surface area contributed by atoms with E-state index in [1.807, 2.05) is 12.1 Å². The maximum atomic E-state index is 13.3. The summed E-state index contributed by atoms with van der Waals surface area (Å²) in [6.45, 7) is 0. The summed E-state index contributed by atoms with van der Waals surface area (Å²) in [5.74, 6) is -1.87. The first-order valence-electron chi connectivity index (χ1n) is 8.80. The molecule has 1 amide bonds. The first-order valence-corrected chi connectivity index (χ1v) is 10.1. The zero-order valence-corrected chi connectivity index (χ0v) is 16.5. The van der Waals surface area contributed by atoms with Gasteiger partial charge in [0.25, 0.3) is 5.91 Å². The van der Waals surface area contributed by atoms with Crippen molar-refractivity contribution in [1.82, 2.24) is 5.01 Å². The van der Waals surface area contributed by atoms with E-state index in [9.17, 15) is 14.0 Å². The van der Waals surface area contributed by atoms with E-state index >= 15 is 0 Å². The van der Waals surface area contributed by atoms with Crippen LogP contribution in [0.1, 0.15) is 30.0 Å². The van der Waals surface area contributed by atoms with Crippen LogP contribution in [0.15, 0.2) is 58.6 Å². The first kappa shape index (κ1) is 19.6. The third kappa shape index (κ3) is 4.18. The summed E-state index contributed by atoms with van der Waals surface area (Å²) in [5.41, 5.74) is 2.42. The maximum absolute atomic E-state index is 13.3. The van der Waals surface area contributed by atoms with Crippen LogP contribution in [0.4, 0.5) is 4.39 Å².